The summed E-state index contributed by atoms with van der Waals surface area (Å²) in [5.41, 5.74) is 20.4. The van der Waals surface area contributed by atoms with Crippen LogP contribution in [0.3, 0.4) is 0 Å². The maximum atomic E-state index is 11.4. The number of carbonyl (C=O) groups excluding carboxylic acids is 1. The second-order valence-corrected chi connectivity index (χ2v) is 37.3. The van der Waals surface area contributed by atoms with E-state index in [4.69, 9.17) is 63.3 Å². The Kier molecular flexibility index (Phi) is 30.7. The van der Waals surface area contributed by atoms with E-state index in [0.717, 1.165) is 399 Å². The number of primary amides is 1. The van der Waals surface area contributed by atoms with Crippen molar-refractivity contribution in [2.24, 2.45) is 29.4 Å². The van der Waals surface area contributed by atoms with Crippen molar-refractivity contribution in [3.05, 3.63) is 163 Å². The van der Waals surface area contributed by atoms with Crippen LogP contribution in [0.1, 0.15) is 156 Å². The Morgan fingerprint density at radius 1 is 0.368 bits per heavy atom. The van der Waals surface area contributed by atoms with E-state index in [1.807, 2.05) is 24.7 Å². The maximum absolute atomic E-state index is 11.4. The van der Waals surface area contributed by atoms with Gasteiger partial charge in [-0.1, -0.05) is 0 Å². The number of benzene rings is 4. The number of anilines is 5. The molecule has 4 aliphatic carbocycles. The molecule has 32 heteroatoms. The second-order valence-electron chi connectivity index (χ2n) is 37.3. The first-order chi connectivity index (χ1) is 65.5. The van der Waals surface area contributed by atoms with Gasteiger partial charge in [0, 0.05) is 224 Å². The van der Waals surface area contributed by atoms with E-state index >= 15 is 0 Å². The predicted octanol–water partition coefficient (Wildman–Crippen LogP) is 12.5. The second kappa shape index (κ2) is 44.8. The van der Waals surface area contributed by atoms with Crippen molar-refractivity contribution in [2.45, 2.75) is 178 Å². The monoisotopic (exact) mass is 1810 g/mol. The molecule has 11 aromatic rings. The highest BCUT2D eigenvalue weighted by Crippen LogP contribution is 2.41. The van der Waals surface area contributed by atoms with Gasteiger partial charge < -0.3 is 83.1 Å². The van der Waals surface area contributed by atoms with Gasteiger partial charge in [-0.25, -0.2) is 49.8 Å². The van der Waals surface area contributed by atoms with Crippen molar-refractivity contribution in [1.82, 2.24) is 80.0 Å². The number of piperidine rings is 1. The first kappa shape index (κ1) is 91.0. The smallest absolute Gasteiger partial charge is 0.220 e. The lowest BCUT2D eigenvalue weighted by Crippen LogP contribution is -2.37. The molecule has 4 aromatic carbocycles. The molecule has 32 nitrogen and oxygen atoms in total. The summed E-state index contributed by atoms with van der Waals surface area (Å²) in [4.78, 5) is 90.4. The summed E-state index contributed by atoms with van der Waals surface area (Å²) in [5, 5.41) is 3.41. The molecule has 133 heavy (non-hydrogen) atoms. The highest BCUT2D eigenvalue weighted by molar-refractivity contribution is 5.88. The Balaban J connectivity index is 0.000000115. The summed E-state index contributed by atoms with van der Waals surface area (Å²) < 4.78 is 53.6. The number of rotatable bonds is 21. The fourth-order valence-corrected chi connectivity index (χ4v) is 20.7. The van der Waals surface area contributed by atoms with E-state index in [1.165, 1.54) is 29.8 Å². The molecule has 14 heterocycles. The molecule has 6 saturated heterocycles. The molecule has 0 atom stereocenters. The highest BCUT2D eigenvalue weighted by Gasteiger charge is 2.33. The zero-order valence-electron chi connectivity index (χ0n) is 77.0. The Morgan fingerprint density at radius 2 is 0.707 bits per heavy atom. The number of nitrogens with one attached hydrogen (secondary N) is 1. The van der Waals surface area contributed by atoms with Gasteiger partial charge in [0.25, 0.3) is 0 Å². The van der Waals surface area contributed by atoms with Crippen LogP contribution in [-0.4, -0.2) is 263 Å². The van der Waals surface area contributed by atoms with Crippen LogP contribution in [0.2, 0.25) is 0 Å². The van der Waals surface area contributed by atoms with E-state index in [2.05, 4.69) is 151 Å². The van der Waals surface area contributed by atoms with Crippen molar-refractivity contribution in [2.75, 3.05) is 183 Å². The number of amides is 1. The lowest BCUT2D eigenvalue weighted by molar-refractivity contribution is -0.123. The van der Waals surface area contributed by atoms with Crippen LogP contribution in [0.5, 0.6) is 23.0 Å². The SMILES string of the molecule is CN1CCC(c2ccnc(CC3CCC(Oc4cc(N5CCOCC5)cc5nccnc45)CC3)n2)CC1.NC(=O)C1CCC(Oc2cc(N3CCOCC3)cc3nccnc23)CC1.c1cc(N2CCOCC2)nc(CC2CCC(Oc3cc(N4CCOCC4)cc4nccnc34)CC2)n1.c1cnc2c(OC3CCC(Cc4ncc5c(n4)CNCC5)CC3)cc(N3CCOCC3)cc2n1. The third kappa shape index (κ3) is 24.0. The van der Waals surface area contributed by atoms with Crippen LogP contribution in [0.4, 0.5) is 28.6 Å². The van der Waals surface area contributed by atoms with Crippen LogP contribution in [-0.2, 0) is 60.7 Å². The average molecular weight is 1810 g/mol. The van der Waals surface area contributed by atoms with E-state index in [0.29, 0.717) is 23.7 Å². The minimum absolute atomic E-state index is 0.0222. The number of fused-ring (bicyclic) bond motifs is 5. The topological polar surface area (TPSA) is 338 Å². The minimum atomic E-state index is -0.200. The number of likely N-dealkylation sites (tertiary alicyclic amines) is 1. The van der Waals surface area contributed by atoms with Crippen LogP contribution in [0, 0.1) is 23.7 Å². The van der Waals surface area contributed by atoms with Crippen LogP contribution in [0.15, 0.2) is 129 Å². The predicted molar refractivity (Wildman–Crippen MR) is 510 cm³/mol. The highest BCUT2D eigenvalue weighted by atomic mass is 16.5. The van der Waals surface area contributed by atoms with Gasteiger partial charge in [0.05, 0.1) is 118 Å². The standard InChI is InChI=1S/C29H38N6O2.C27H34N6O3.C26H32N6O2.C19H24N4O3/c1-34-12-7-22(8-13-34)25-6-9-31-28(33-25)18-21-2-4-24(5-3-21)37-27-20-23(35-14-16-36-17-15-35)19-26-29(27)32-11-10-30-26;1-3-22(4-2-20(1)17-25-29-6-5-26(31-25)33-11-15-35-16-12-33)36-24-19-21(32-9-13-34-14-10-32)18-23-27(24)30-8-7-28-23;1-3-21(4-2-18(1)13-25-30-16-19-5-6-27-17-23(19)31-25)34-24-15-20(32-9-11-33-12-10-32)14-22-26(24)29-8-7-28-22;20-19(24)13-1-3-15(4-2-13)26-17-12-14(23-7-9-25-10-8-23)11-16-18(17)22-6-5-21-16/h6,9-11,19-22,24H,2-5,7-8,12-18H2,1H3;5-8,18-20,22H,1-4,9-17H2;7-8,14-16,18,21,27H,1-6,9-13,17H2;5-6,11-13,15H,1-4,7-10H2,(H2,20,24). The fourth-order valence-electron chi connectivity index (χ4n) is 20.7. The van der Waals surface area contributed by atoms with Gasteiger partial charge in [0.2, 0.25) is 5.91 Å². The lowest BCUT2D eigenvalue weighted by Gasteiger charge is -2.31. The molecule has 0 unspecified atom stereocenters. The number of morpholine rings is 5. The van der Waals surface area contributed by atoms with Gasteiger partial charge in [0.1, 0.15) is 68.4 Å². The van der Waals surface area contributed by atoms with Gasteiger partial charge >= 0.3 is 0 Å². The fraction of sp³-hybridized carbons (Fsp3) is 0.554. The number of ether oxygens (including phenoxy) is 9. The van der Waals surface area contributed by atoms with E-state index < -0.39 is 0 Å². The lowest BCUT2D eigenvalue weighted by atomic mass is 9.85. The Hall–Kier alpha value is -11.1. The number of nitrogens with two attached hydrogens (primary N) is 1. The molecule has 702 valence electrons. The third-order valence-electron chi connectivity index (χ3n) is 28.4. The van der Waals surface area contributed by atoms with Gasteiger partial charge in [0.15, 0.2) is 0 Å². The zero-order chi connectivity index (χ0) is 89.9. The summed E-state index contributed by atoms with van der Waals surface area (Å²) in [6.07, 6.45) is 43.0. The molecule has 3 N–H and O–H groups in total. The first-order valence-corrected chi connectivity index (χ1v) is 49.0. The number of hydrogen-bond acceptors (Lipinski definition) is 31. The van der Waals surface area contributed by atoms with Crippen LogP contribution >= 0.6 is 0 Å². The molecule has 7 aromatic heterocycles. The van der Waals surface area contributed by atoms with Crippen molar-refractivity contribution in [1.29, 1.82) is 0 Å². The van der Waals surface area contributed by atoms with Crippen molar-refractivity contribution in [3.8, 4) is 23.0 Å². The largest absolute Gasteiger partial charge is 0.488 e. The van der Waals surface area contributed by atoms with Crippen LogP contribution in [0.25, 0.3) is 44.1 Å². The molecule has 11 aliphatic rings. The molecule has 0 spiro atoms. The summed E-state index contributed by atoms with van der Waals surface area (Å²) in [5.74, 6) is 9.45. The normalized spacial score (nSPS) is 23.4. The number of nitrogens with zero attached hydrogens (tertiary/aromatic N) is 20. The Labute approximate surface area is 778 Å². The van der Waals surface area contributed by atoms with E-state index in [1.54, 1.807) is 49.6 Å². The average Bonchev–Trinajstić information content (AvgIpc) is 0.800. The summed E-state index contributed by atoms with van der Waals surface area (Å²) in [7, 11) is 2.21. The number of aromatic nitrogens is 14. The first-order valence-electron chi connectivity index (χ1n) is 49.0. The molecule has 22 rings (SSSR count). The molecule has 0 bridgehead atoms. The van der Waals surface area contributed by atoms with Crippen LogP contribution < -0.4 is 54.5 Å². The molecular formula is C101H128N22O10. The zero-order valence-corrected chi connectivity index (χ0v) is 77.0. The van der Waals surface area contributed by atoms with E-state index in [-0.39, 0.29) is 36.2 Å². The van der Waals surface area contributed by atoms with Crippen molar-refractivity contribution >= 4 is 78.6 Å². The van der Waals surface area contributed by atoms with Gasteiger partial charge in [-0.3, -0.25) is 24.7 Å². The molecule has 7 aliphatic heterocycles. The van der Waals surface area contributed by atoms with Crippen molar-refractivity contribution in [3.63, 3.8) is 0 Å². The quantitative estimate of drug-likeness (QED) is 0.0675. The molecule has 4 saturated carbocycles. The minimum Gasteiger partial charge on any atom is -0.488 e. The van der Waals surface area contributed by atoms with Crippen molar-refractivity contribution < 1.29 is 47.4 Å². The Bertz CT molecular complexity index is 5630. The molecular weight excluding hydrogens is 1680 g/mol. The number of hydrogen-bond donors (Lipinski definition) is 2. The van der Waals surface area contributed by atoms with Gasteiger partial charge in [-0.2, -0.15) is 0 Å². The summed E-state index contributed by atoms with van der Waals surface area (Å²) in [6, 6.07) is 21.0. The molecule has 10 fully saturated rings. The third-order valence-corrected chi connectivity index (χ3v) is 28.4. The Morgan fingerprint density at radius 3 is 1.08 bits per heavy atom. The van der Waals surface area contributed by atoms with Gasteiger partial charge in [-0.15, -0.1) is 0 Å². The maximum Gasteiger partial charge on any atom is 0.220 e. The van der Waals surface area contributed by atoms with E-state index in [9.17, 15) is 4.79 Å². The molecule has 1 amide bonds. The van der Waals surface area contributed by atoms with Gasteiger partial charge in [-0.05, 0) is 208 Å². The number of carbonyl (C=O) groups is 1. The summed E-state index contributed by atoms with van der Waals surface area (Å²) >= 11 is 0. The summed E-state index contributed by atoms with van der Waals surface area (Å²) in [6.45, 7) is 20.5. The molecule has 0 radical (unpaired) electrons.